The summed E-state index contributed by atoms with van der Waals surface area (Å²) in [6, 6.07) is 0. The molecule has 1 amide bonds. The molecule has 21 heavy (non-hydrogen) atoms. The second-order valence-electron chi connectivity index (χ2n) is 6.39. The van der Waals surface area contributed by atoms with Gasteiger partial charge in [0.2, 0.25) is 15.9 Å². The van der Waals surface area contributed by atoms with Crippen molar-refractivity contribution in [2.75, 3.05) is 26.3 Å². The number of hydrogen-bond donors (Lipinski definition) is 1. The monoisotopic (exact) mass is 316 g/mol. The van der Waals surface area contributed by atoms with Gasteiger partial charge in [0.15, 0.2) is 0 Å². The maximum Gasteiger partial charge on any atom is 0.244 e. The molecule has 3 fully saturated rings. The van der Waals surface area contributed by atoms with Crippen molar-refractivity contribution in [1.82, 2.24) is 9.62 Å². The summed E-state index contributed by atoms with van der Waals surface area (Å²) in [6.07, 6.45) is 5.56. The van der Waals surface area contributed by atoms with E-state index in [-0.39, 0.29) is 11.2 Å². The summed E-state index contributed by atoms with van der Waals surface area (Å²) >= 11 is 0. The van der Waals surface area contributed by atoms with Crippen molar-refractivity contribution in [1.29, 1.82) is 0 Å². The Balaban J connectivity index is 1.80. The van der Waals surface area contributed by atoms with Crippen molar-refractivity contribution in [3.8, 4) is 0 Å². The molecule has 1 saturated heterocycles. The molecule has 1 aliphatic heterocycles. The zero-order chi connectivity index (χ0) is 14.9. The lowest BCUT2D eigenvalue weighted by molar-refractivity contribution is -0.143. The van der Waals surface area contributed by atoms with Gasteiger partial charge in [-0.1, -0.05) is 19.3 Å². The van der Waals surface area contributed by atoms with Gasteiger partial charge in [0.25, 0.3) is 0 Å². The Kier molecular flexibility index (Phi) is 4.25. The van der Waals surface area contributed by atoms with E-state index in [1.165, 1.54) is 0 Å². The molecular formula is C14H24N2O4S. The number of rotatable bonds is 4. The van der Waals surface area contributed by atoms with Crippen LogP contribution in [0.1, 0.15) is 44.9 Å². The fraction of sp³-hybridized carbons (Fsp3) is 0.929. The summed E-state index contributed by atoms with van der Waals surface area (Å²) in [6.45, 7) is 2.20. The summed E-state index contributed by atoms with van der Waals surface area (Å²) in [7, 11) is -3.36. The number of sulfonamides is 1. The van der Waals surface area contributed by atoms with Crippen molar-refractivity contribution >= 4 is 15.9 Å². The largest absolute Gasteiger partial charge is 0.378 e. The second-order valence-corrected chi connectivity index (χ2v) is 8.35. The van der Waals surface area contributed by atoms with Crippen LogP contribution < -0.4 is 4.72 Å². The first-order valence-electron chi connectivity index (χ1n) is 7.93. The van der Waals surface area contributed by atoms with Crippen LogP contribution in [0.25, 0.3) is 0 Å². The van der Waals surface area contributed by atoms with Crippen LogP contribution in [0.2, 0.25) is 0 Å². The van der Waals surface area contributed by atoms with Gasteiger partial charge in [-0.25, -0.2) is 8.42 Å². The molecule has 7 heteroatoms. The minimum atomic E-state index is -3.36. The molecule has 0 aromatic heterocycles. The number of hydrogen-bond acceptors (Lipinski definition) is 4. The molecule has 0 atom stereocenters. The van der Waals surface area contributed by atoms with Crippen LogP contribution in [0.4, 0.5) is 0 Å². The first-order valence-corrected chi connectivity index (χ1v) is 9.48. The van der Waals surface area contributed by atoms with E-state index in [0.29, 0.717) is 39.1 Å². The van der Waals surface area contributed by atoms with E-state index in [0.717, 1.165) is 32.1 Å². The van der Waals surface area contributed by atoms with Gasteiger partial charge in [-0.2, -0.15) is 4.72 Å². The van der Waals surface area contributed by atoms with Crippen LogP contribution in [0.5, 0.6) is 0 Å². The Morgan fingerprint density at radius 3 is 2.29 bits per heavy atom. The first-order chi connectivity index (χ1) is 10.0. The number of carbonyl (C=O) groups is 1. The van der Waals surface area contributed by atoms with Crippen LogP contribution >= 0.6 is 0 Å². The summed E-state index contributed by atoms with van der Waals surface area (Å²) in [5.41, 5.74) is -0.906. The minimum Gasteiger partial charge on any atom is -0.378 e. The molecule has 6 nitrogen and oxygen atoms in total. The second kappa shape index (κ2) is 5.85. The molecule has 0 aromatic carbocycles. The third kappa shape index (κ3) is 3.24. The molecule has 1 N–H and O–H groups in total. The van der Waals surface area contributed by atoms with Gasteiger partial charge in [0.05, 0.1) is 18.5 Å². The van der Waals surface area contributed by atoms with E-state index in [4.69, 9.17) is 4.74 Å². The Bertz CT molecular complexity index is 489. The van der Waals surface area contributed by atoms with Crippen molar-refractivity contribution in [3.05, 3.63) is 0 Å². The quantitative estimate of drug-likeness (QED) is 0.825. The van der Waals surface area contributed by atoms with Crippen LogP contribution in [-0.2, 0) is 19.6 Å². The molecular weight excluding hydrogens is 292 g/mol. The Labute approximate surface area is 126 Å². The molecule has 0 radical (unpaired) electrons. The number of nitrogens with zero attached hydrogens (tertiary/aromatic N) is 1. The van der Waals surface area contributed by atoms with E-state index in [1.807, 2.05) is 0 Å². The maximum absolute atomic E-state index is 12.9. The molecule has 0 spiro atoms. The molecule has 2 aliphatic carbocycles. The number of morpholine rings is 1. The number of ether oxygens (including phenoxy) is 1. The van der Waals surface area contributed by atoms with Gasteiger partial charge < -0.3 is 9.64 Å². The van der Waals surface area contributed by atoms with Gasteiger partial charge in [0.1, 0.15) is 5.54 Å². The number of nitrogens with one attached hydrogen (secondary N) is 1. The molecule has 0 bridgehead atoms. The lowest BCUT2D eigenvalue weighted by Crippen LogP contribution is -2.62. The van der Waals surface area contributed by atoms with Crippen molar-refractivity contribution in [3.63, 3.8) is 0 Å². The molecule has 0 unspecified atom stereocenters. The fourth-order valence-corrected chi connectivity index (χ4v) is 5.08. The predicted octanol–water partition coefficient (Wildman–Crippen LogP) is 0.630. The molecule has 120 valence electrons. The van der Waals surface area contributed by atoms with Crippen LogP contribution in [0, 0.1) is 0 Å². The van der Waals surface area contributed by atoms with Gasteiger partial charge in [-0.15, -0.1) is 0 Å². The zero-order valence-corrected chi connectivity index (χ0v) is 13.2. The smallest absolute Gasteiger partial charge is 0.244 e. The summed E-state index contributed by atoms with van der Waals surface area (Å²) in [5.74, 6) is -0.0466. The molecule has 3 aliphatic rings. The highest BCUT2D eigenvalue weighted by Gasteiger charge is 2.48. The van der Waals surface area contributed by atoms with Crippen molar-refractivity contribution in [2.45, 2.75) is 55.7 Å². The average molecular weight is 316 g/mol. The Hall–Kier alpha value is -0.660. The first kappa shape index (κ1) is 15.2. The third-order valence-corrected chi connectivity index (χ3v) is 6.74. The topological polar surface area (TPSA) is 75.7 Å². The summed E-state index contributed by atoms with van der Waals surface area (Å²) < 4.78 is 32.8. The normalized spacial score (nSPS) is 26.6. The highest BCUT2D eigenvalue weighted by molar-refractivity contribution is 7.90. The van der Waals surface area contributed by atoms with E-state index in [2.05, 4.69) is 4.72 Å². The SMILES string of the molecule is O=C(N1CCOCC1)C1(NS(=O)(=O)C2CC2)CCCCC1. The highest BCUT2D eigenvalue weighted by Crippen LogP contribution is 2.35. The minimum absolute atomic E-state index is 0.0466. The lowest BCUT2D eigenvalue weighted by Gasteiger charge is -2.41. The van der Waals surface area contributed by atoms with Gasteiger partial charge in [0, 0.05) is 13.1 Å². The average Bonchev–Trinajstić information content (AvgIpc) is 3.33. The van der Waals surface area contributed by atoms with Gasteiger partial charge in [-0.05, 0) is 25.7 Å². The third-order valence-electron chi connectivity index (χ3n) is 4.72. The lowest BCUT2D eigenvalue weighted by atomic mass is 9.81. The van der Waals surface area contributed by atoms with Gasteiger partial charge in [-0.3, -0.25) is 4.79 Å². The molecule has 3 rings (SSSR count). The van der Waals surface area contributed by atoms with Gasteiger partial charge >= 0.3 is 0 Å². The number of amides is 1. The standard InChI is InChI=1S/C14H24N2O4S/c17-13(16-8-10-20-11-9-16)14(6-2-1-3-7-14)15-21(18,19)12-4-5-12/h12,15H,1-11H2. The molecule has 1 heterocycles. The van der Waals surface area contributed by atoms with Crippen molar-refractivity contribution in [2.24, 2.45) is 0 Å². The van der Waals surface area contributed by atoms with Crippen LogP contribution in [-0.4, -0.2) is 56.3 Å². The summed E-state index contributed by atoms with van der Waals surface area (Å²) in [5, 5.41) is -0.284. The summed E-state index contributed by atoms with van der Waals surface area (Å²) in [4.78, 5) is 14.7. The van der Waals surface area contributed by atoms with Crippen molar-refractivity contribution < 1.29 is 17.9 Å². The Morgan fingerprint density at radius 2 is 1.71 bits per heavy atom. The molecule has 2 saturated carbocycles. The number of carbonyl (C=O) groups excluding carboxylic acids is 1. The Morgan fingerprint density at radius 1 is 1.10 bits per heavy atom. The maximum atomic E-state index is 12.9. The predicted molar refractivity (Wildman–Crippen MR) is 78.3 cm³/mol. The highest BCUT2D eigenvalue weighted by atomic mass is 32.2. The van der Waals surface area contributed by atoms with E-state index < -0.39 is 15.6 Å². The zero-order valence-electron chi connectivity index (χ0n) is 12.3. The van der Waals surface area contributed by atoms with E-state index >= 15 is 0 Å². The van der Waals surface area contributed by atoms with Crippen LogP contribution in [0.3, 0.4) is 0 Å². The molecule has 0 aromatic rings. The van der Waals surface area contributed by atoms with E-state index in [9.17, 15) is 13.2 Å². The van der Waals surface area contributed by atoms with E-state index in [1.54, 1.807) is 4.90 Å². The fourth-order valence-electron chi connectivity index (χ4n) is 3.32. The van der Waals surface area contributed by atoms with Crippen LogP contribution in [0.15, 0.2) is 0 Å².